The average molecular weight is 439 g/mol. The summed E-state index contributed by atoms with van der Waals surface area (Å²) in [5, 5.41) is 0.351. The first-order valence-corrected chi connectivity index (χ1v) is 11.3. The third-order valence-electron chi connectivity index (χ3n) is 5.41. The molecule has 154 valence electrons. The fourth-order valence-electron chi connectivity index (χ4n) is 4.10. The van der Waals surface area contributed by atoms with Gasteiger partial charge in [0.1, 0.15) is 11.6 Å². The molecular formula is C20H20ClFN2O4S. The van der Waals surface area contributed by atoms with Crippen molar-refractivity contribution in [2.24, 2.45) is 0 Å². The number of piperazine rings is 1. The van der Waals surface area contributed by atoms with Crippen molar-refractivity contribution < 1.29 is 22.3 Å². The van der Waals surface area contributed by atoms with Gasteiger partial charge in [0, 0.05) is 18.3 Å². The lowest BCUT2D eigenvalue weighted by atomic mass is 10.0. The summed E-state index contributed by atoms with van der Waals surface area (Å²) in [5.41, 5.74) is 1.37. The monoisotopic (exact) mass is 438 g/mol. The largest absolute Gasteiger partial charge is 0.495 e. The molecule has 0 spiro atoms. The van der Waals surface area contributed by atoms with Crippen LogP contribution in [0.5, 0.6) is 5.75 Å². The summed E-state index contributed by atoms with van der Waals surface area (Å²) in [4.78, 5) is 16.4. The van der Waals surface area contributed by atoms with Crippen LogP contribution in [-0.2, 0) is 21.2 Å². The molecule has 0 unspecified atom stereocenters. The highest BCUT2D eigenvalue weighted by Crippen LogP contribution is 2.35. The molecule has 2 aliphatic heterocycles. The second kappa shape index (κ2) is 7.59. The van der Waals surface area contributed by atoms with Crippen LogP contribution in [0.1, 0.15) is 5.56 Å². The van der Waals surface area contributed by atoms with Crippen LogP contribution in [0.3, 0.4) is 0 Å². The molecule has 2 aromatic carbocycles. The van der Waals surface area contributed by atoms with Gasteiger partial charge in [0.2, 0.25) is 5.91 Å². The van der Waals surface area contributed by atoms with Crippen LogP contribution in [0.25, 0.3) is 0 Å². The van der Waals surface area contributed by atoms with Crippen molar-refractivity contribution in [3.63, 3.8) is 0 Å². The van der Waals surface area contributed by atoms with Crippen LogP contribution in [0.15, 0.2) is 42.5 Å². The van der Waals surface area contributed by atoms with Crippen molar-refractivity contribution in [1.29, 1.82) is 0 Å². The minimum atomic E-state index is -3.30. The Bertz CT molecular complexity index is 1040. The molecule has 6 nitrogen and oxygen atoms in total. The number of hydrogen-bond donors (Lipinski definition) is 0. The molecule has 0 saturated carbocycles. The molecule has 2 aliphatic rings. The molecule has 4 rings (SSSR count). The molecule has 0 aromatic heterocycles. The van der Waals surface area contributed by atoms with Gasteiger partial charge in [-0.2, -0.15) is 0 Å². The van der Waals surface area contributed by atoms with E-state index < -0.39 is 15.9 Å². The Morgan fingerprint density at radius 1 is 1.14 bits per heavy atom. The molecule has 2 aromatic rings. The summed E-state index contributed by atoms with van der Waals surface area (Å²) in [6.07, 6.45) is 0. The number of carbonyl (C=O) groups is 1. The zero-order chi connectivity index (χ0) is 20.8. The van der Waals surface area contributed by atoms with Crippen molar-refractivity contribution >= 4 is 33.0 Å². The lowest BCUT2D eigenvalue weighted by Crippen LogP contribution is -2.61. The molecule has 29 heavy (non-hydrogen) atoms. The predicted molar refractivity (Wildman–Crippen MR) is 109 cm³/mol. The normalized spacial score (nSPS) is 23.8. The number of nitrogens with zero attached hydrogens (tertiary/aromatic N) is 2. The van der Waals surface area contributed by atoms with E-state index in [4.69, 9.17) is 16.3 Å². The van der Waals surface area contributed by atoms with E-state index in [1.54, 1.807) is 35.2 Å². The Morgan fingerprint density at radius 2 is 1.83 bits per heavy atom. The molecule has 2 heterocycles. The predicted octanol–water partition coefficient (Wildman–Crippen LogP) is 2.50. The summed E-state index contributed by atoms with van der Waals surface area (Å²) in [5.74, 6) is -0.188. The van der Waals surface area contributed by atoms with Crippen LogP contribution >= 0.6 is 11.6 Å². The minimum absolute atomic E-state index is 0.0213. The fraction of sp³-hybridized carbons (Fsp3) is 0.350. The molecule has 0 bridgehead atoms. The number of anilines is 1. The van der Waals surface area contributed by atoms with Gasteiger partial charge in [0.05, 0.1) is 36.2 Å². The van der Waals surface area contributed by atoms with Crippen molar-refractivity contribution in [3.8, 4) is 5.75 Å². The van der Waals surface area contributed by atoms with Crippen molar-refractivity contribution in [3.05, 3.63) is 58.9 Å². The lowest BCUT2D eigenvalue weighted by molar-refractivity contribution is -0.123. The number of amides is 1. The summed E-state index contributed by atoms with van der Waals surface area (Å²) in [6, 6.07) is 10.1. The maximum atomic E-state index is 13.2. The minimum Gasteiger partial charge on any atom is -0.495 e. The number of rotatable bonds is 4. The Balaban J connectivity index is 1.66. The van der Waals surface area contributed by atoms with Gasteiger partial charge in [-0.3, -0.25) is 9.69 Å². The highest BCUT2D eigenvalue weighted by molar-refractivity contribution is 7.91. The van der Waals surface area contributed by atoms with Crippen molar-refractivity contribution in [2.75, 3.05) is 30.1 Å². The Hall–Kier alpha value is -2.16. The van der Waals surface area contributed by atoms with Gasteiger partial charge in [0.15, 0.2) is 9.84 Å². The number of halogens is 2. The number of ether oxygens (including phenoxy) is 1. The van der Waals surface area contributed by atoms with Gasteiger partial charge >= 0.3 is 0 Å². The van der Waals surface area contributed by atoms with Gasteiger partial charge in [0.25, 0.3) is 0 Å². The van der Waals surface area contributed by atoms with E-state index >= 15 is 0 Å². The van der Waals surface area contributed by atoms with Crippen LogP contribution in [-0.4, -0.2) is 56.5 Å². The number of benzene rings is 2. The quantitative estimate of drug-likeness (QED) is 0.733. The lowest BCUT2D eigenvalue weighted by Gasteiger charge is -2.43. The van der Waals surface area contributed by atoms with E-state index in [2.05, 4.69) is 0 Å². The zero-order valence-corrected chi connectivity index (χ0v) is 17.3. The number of fused-ring (bicyclic) bond motifs is 1. The van der Waals surface area contributed by atoms with E-state index in [0.29, 0.717) is 23.0 Å². The molecule has 2 saturated heterocycles. The maximum absolute atomic E-state index is 13.2. The van der Waals surface area contributed by atoms with Gasteiger partial charge in [-0.05, 0) is 35.9 Å². The standard InChI is InChI=1S/C20H20ClFN2O4S/c1-28-19-7-6-15(8-16(19)21)24-18-12-29(26,27)11-17(18)23(10-20(24)25)9-13-2-4-14(22)5-3-13/h2-8,17-18H,9-12H2,1H3/t17-,18+/m0/s1. The van der Waals surface area contributed by atoms with E-state index in [1.807, 2.05) is 4.90 Å². The SMILES string of the molecule is COc1ccc(N2C(=O)CN(Cc3ccc(F)cc3)[C@H]3CS(=O)(=O)C[C@H]32)cc1Cl. The first kappa shape index (κ1) is 20.1. The van der Waals surface area contributed by atoms with Gasteiger partial charge in [-0.15, -0.1) is 0 Å². The second-order valence-corrected chi connectivity index (χ2v) is 9.89. The average Bonchev–Trinajstić information content (AvgIpc) is 2.99. The molecule has 0 aliphatic carbocycles. The van der Waals surface area contributed by atoms with Crippen LogP contribution < -0.4 is 9.64 Å². The number of sulfone groups is 1. The summed E-state index contributed by atoms with van der Waals surface area (Å²) < 4.78 is 43.2. The second-order valence-electron chi connectivity index (χ2n) is 7.33. The fourth-order valence-corrected chi connectivity index (χ4v) is 6.33. The molecule has 0 N–H and O–H groups in total. The van der Waals surface area contributed by atoms with E-state index in [9.17, 15) is 17.6 Å². The zero-order valence-electron chi connectivity index (χ0n) is 15.7. The number of methoxy groups -OCH3 is 1. The molecule has 1 amide bonds. The third kappa shape index (κ3) is 3.97. The molecule has 0 radical (unpaired) electrons. The van der Waals surface area contributed by atoms with Crippen LogP contribution in [0, 0.1) is 5.82 Å². The molecule has 9 heteroatoms. The maximum Gasteiger partial charge on any atom is 0.241 e. The topological polar surface area (TPSA) is 66.9 Å². The molecule has 2 atom stereocenters. The summed E-state index contributed by atoms with van der Waals surface area (Å²) in [7, 11) is -1.80. The van der Waals surface area contributed by atoms with E-state index in [1.165, 1.54) is 19.2 Å². The van der Waals surface area contributed by atoms with E-state index in [0.717, 1.165) is 5.56 Å². The summed E-state index contributed by atoms with van der Waals surface area (Å²) >= 11 is 6.22. The van der Waals surface area contributed by atoms with E-state index in [-0.39, 0.29) is 35.8 Å². The van der Waals surface area contributed by atoms with Crippen molar-refractivity contribution in [1.82, 2.24) is 4.90 Å². The number of carbonyl (C=O) groups excluding carboxylic acids is 1. The first-order valence-electron chi connectivity index (χ1n) is 9.12. The Kier molecular flexibility index (Phi) is 5.27. The first-order chi connectivity index (χ1) is 13.8. The van der Waals surface area contributed by atoms with Crippen molar-refractivity contribution in [2.45, 2.75) is 18.6 Å². The Morgan fingerprint density at radius 3 is 2.48 bits per heavy atom. The van der Waals surface area contributed by atoms with Crippen LogP contribution in [0.2, 0.25) is 5.02 Å². The number of hydrogen-bond acceptors (Lipinski definition) is 5. The van der Waals surface area contributed by atoms with Crippen LogP contribution in [0.4, 0.5) is 10.1 Å². The molecular weight excluding hydrogens is 419 g/mol. The Labute approximate surface area is 173 Å². The van der Waals surface area contributed by atoms with Gasteiger partial charge < -0.3 is 9.64 Å². The van der Waals surface area contributed by atoms with Gasteiger partial charge in [-0.25, -0.2) is 12.8 Å². The highest BCUT2D eigenvalue weighted by Gasteiger charge is 2.49. The summed E-state index contributed by atoms with van der Waals surface area (Å²) in [6.45, 7) is 0.442. The smallest absolute Gasteiger partial charge is 0.241 e. The highest BCUT2D eigenvalue weighted by atomic mass is 35.5. The van der Waals surface area contributed by atoms with Gasteiger partial charge in [-0.1, -0.05) is 23.7 Å². The third-order valence-corrected chi connectivity index (χ3v) is 7.41. The molecule has 2 fully saturated rings.